The topological polar surface area (TPSA) is 190 Å². The van der Waals surface area contributed by atoms with E-state index in [0.29, 0.717) is 0 Å². The molecule has 5 aliphatic rings. The van der Waals surface area contributed by atoms with Crippen molar-refractivity contribution < 1.29 is 40.1 Å². The van der Waals surface area contributed by atoms with Crippen LogP contribution in [-0.2, 0) is 9.47 Å². The van der Waals surface area contributed by atoms with Crippen LogP contribution < -0.4 is 11.1 Å². The third kappa shape index (κ3) is 1.28. The van der Waals surface area contributed by atoms with Gasteiger partial charge < -0.3 is 51.2 Å². The summed E-state index contributed by atoms with van der Waals surface area (Å²) in [4.78, 5) is 3.70. The molecule has 0 radical (unpaired) electrons. The van der Waals surface area contributed by atoms with Gasteiger partial charge in [-0.3, -0.25) is 0 Å². The van der Waals surface area contributed by atoms with Crippen LogP contribution in [0.25, 0.3) is 0 Å². The number of nitrogens with one attached hydrogen (secondary N) is 1. The summed E-state index contributed by atoms with van der Waals surface area (Å²) in [6.45, 7) is -0.857. The van der Waals surface area contributed by atoms with Crippen LogP contribution in [0.15, 0.2) is 4.99 Å². The number of nitrogens with two attached hydrogens (primary N) is 1. The molecule has 9 atom stereocenters. The highest BCUT2D eigenvalue weighted by Crippen LogP contribution is 2.58. The van der Waals surface area contributed by atoms with E-state index in [1.54, 1.807) is 0 Å². The van der Waals surface area contributed by atoms with Crippen LogP contribution in [0.2, 0.25) is 0 Å². The first-order valence-electron chi connectivity index (χ1n) is 6.77. The van der Waals surface area contributed by atoms with Gasteiger partial charge in [-0.05, 0) is 0 Å². The van der Waals surface area contributed by atoms with Crippen molar-refractivity contribution in [2.45, 2.75) is 47.8 Å². The molecule has 22 heavy (non-hydrogen) atoms. The summed E-state index contributed by atoms with van der Waals surface area (Å²) in [6, 6.07) is 0. The van der Waals surface area contributed by atoms with Gasteiger partial charge >= 0.3 is 5.97 Å². The summed E-state index contributed by atoms with van der Waals surface area (Å²) < 4.78 is 10.3. The minimum Gasteiger partial charge on any atom is -0.393 e. The predicted octanol–water partition coefficient (Wildman–Crippen LogP) is -5.52. The van der Waals surface area contributed by atoms with Crippen LogP contribution in [0.4, 0.5) is 0 Å². The fourth-order valence-corrected chi connectivity index (χ4v) is 4.24. The van der Waals surface area contributed by atoms with Crippen LogP contribution >= 0.6 is 0 Å². The minimum absolute atomic E-state index is 0.250. The Kier molecular flexibility index (Phi) is 2.57. The summed E-state index contributed by atoms with van der Waals surface area (Å²) in [5.41, 5.74) is 1.74. The van der Waals surface area contributed by atoms with Crippen LogP contribution in [0, 0.1) is 5.92 Å². The van der Waals surface area contributed by atoms with E-state index in [1.807, 2.05) is 0 Å². The summed E-state index contributed by atoms with van der Waals surface area (Å²) in [5.74, 6) is -3.95. The number of hydrogen-bond donors (Lipinski definition) is 8. The zero-order chi connectivity index (χ0) is 16.1. The molecule has 5 rings (SSSR count). The Balaban J connectivity index is 1.95. The Morgan fingerprint density at radius 2 is 1.82 bits per heavy atom. The number of aliphatic imine (C=N–C) groups is 1. The van der Waals surface area contributed by atoms with Crippen molar-refractivity contribution in [3.63, 3.8) is 0 Å². The monoisotopic (exact) mass is 319 g/mol. The normalized spacial score (nSPS) is 62.4. The third-order valence-corrected chi connectivity index (χ3v) is 5.22. The van der Waals surface area contributed by atoms with E-state index < -0.39 is 60.3 Å². The second-order valence-corrected chi connectivity index (χ2v) is 6.22. The van der Waals surface area contributed by atoms with Crippen LogP contribution in [0.1, 0.15) is 0 Å². The number of ether oxygens (including phenoxy) is 2. The molecule has 4 fully saturated rings. The van der Waals surface area contributed by atoms with Gasteiger partial charge in [0.05, 0.1) is 12.5 Å². The minimum atomic E-state index is -2.52. The molecule has 3 saturated heterocycles. The van der Waals surface area contributed by atoms with Gasteiger partial charge in [-0.15, -0.1) is 0 Å². The second-order valence-electron chi connectivity index (χ2n) is 6.22. The molecule has 4 bridgehead atoms. The lowest BCUT2D eigenvalue weighted by atomic mass is 9.55. The molecule has 1 aliphatic carbocycles. The average molecular weight is 319 g/mol. The van der Waals surface area contributed by atoms with Gasteiger partial charge in [0.1, 0.15) is 29.5 Å². The number of aliphatic hydroxyl groups is 6. The summed E-state index contributed by atoms with van der Waals surface area (Å²) >= 11 is 0. The Hall–Kier alpha value is -1.05. The Morgan fingerprint density at radius 1 is 1.18 bits per heavy atom. The van der Waals surface area contributed by atoms with Gasteiger partial charge in [0, 0.05) is 0 Å². The molecule has 11 nitrogen and oxygen atoms in total. The van der Waals surface area contributed by atoms with Crippen molar-refractivity contribution in [3.05, 3.63) is 0 Å². The number of aliphatic hydroxyl groups excluding tert-OH is 4. The zero-order valence-corrected chi connectivity index (χ0v) is 11.2. The Morgan fingerprint density at radius 3 is 2.45 bits per heavy atom. The Bertz CT molecular complexity index is 561. The maximum atomic E-state index is 10.6. The molecule has 0 aromatic heterocycles. The number of rotatable bonds is 1. The molecule has 4 aliphatic heterocycles. The molecule has 9 N–H and O–H groups in total. The van der Waals surface area contributed by atoms with Gasteiger partial charge in [-0.25, -0.2) is 4.99 Å². The third-order valence-electron chi connectivity index (χ3n) is 5.22. The van der Waals surface area contributed by atoms with Gasteiger partial charge in [0.25, 0.3) is 0 Å². The molecule has 0 aromatic carbocycles. The van der Waals surface area contributed by atoms with Crippen LogP contribution in [0.5, 0.6) is 0 Å². The van der Waals surface area contributed by atoms with E-state index in [4.69, 9.17) is 15.2 Å². The van der Waals surface area contributed by atoms with Crippen molar-refractivity contribution >= 4 is 5.96 Å². The molecule has 0 aromatic rings. The fourth-order valence-electron chi connectivity index (χ4n) is 4.24. The highest BCUT2D eigenvalue weighted by atomic mass is 16.9. The first-order chi connectivity index (χ1) is 10.2. The van der Waals surface area contributed by atoms with Gasteiger partial charge in [-0.2, -0.15) is 0 Å². The maximum Gasteiger partial charge on any atom is 0.311 e. The lowest BCUT2D eigenvalue weighted by molar-refractivity contribution is -0.548. The number of guanidine groups is 1. The molecular formula is C11H17N3O8. The molecule has 1 saturated carbocycles. The van der Waals surface area contributed by atoms with Gasteiger partial charge in [0.2, 0.25) is 0 Å². The zero-order valence-electron chi connectivity index (χ0n) is 11.2. The second kappa shape index (κ2) is 3.88. The highest BCUT2D eigenvalue weighted by Gasteiger charge is 2.82. The number of nitrogens with zero attached hydrogens (tertiary/aromatic N) is 1. The molecule has 0 amide bonds. The molecule has 1 spiro atoms. The smallest absolute Gasteiger partial charge is 0.311 e. The van der Waals surface area contributed by atoms with E-state index in [-0.39, 0.29) is 5.96 Å². The molecule has 4 heterocycles. The lowest BCUT2D eigenvalue weighted by Crippen LogP contribution is -2.95. The first kappa shape index (κ1) is 14.5. The Labute approximate surface area is 123 Å². The van der Waals surface area contributed by atoms with Gasteiger partial charge in [0.15, 0.2) is 18.3 Å². The van der Waals surface area contributed by atoms with E-state index in [1.165, 1.54) is 0 Å². The highest BCUT2D eigenvalue weighted by molar-refractivity contribution is 5.80. The van der Waals surface area contributed by atoms with E-state index in [2.05, 4.69) is 10.3 Å². The average Bonchev–Trinajstić information content (AvgIpc) is 2.45. The van der Waals surface area contributed by atoms with Crippen molar-refractivity contribution in [2.24, 2.45) is 16.6 Å². The maximum absolute atomic E-state index is 10.6. The summed E-state index contributed by atoms with van der Waals surface area (Å²) in [6.07, 6.45) is -7.77. The molecule has 124 valence electrons. The largest absolute Gasteiger partial charge is 0.393 e. The van der Waals surface area contributed by atoms with Crippen LogP contribution in [0.3, 0.4) is 0 Å². The van der Waals surface area contributed by atoms with Crippen LogP contribution in [-0.4, -0.2) is 91.0 Å². The van der Waals surface area contributed by atoms with Crippen molar-refractivity contribution in [1.82, 2.24) is 5.32 Å². The standard InChI is InChI=1S/C11H17N3O8/c12-8-13-6(17)2-4-9(19,1-15)5-3(16)10(2,14-8)7(18)11(20,21-4)22-5/h2-7,15-20H,1H2,(H3,12,13,14)/t2-,3-,4+,5+,6-,7+,9-,10-,11+/m1/s1. The molecule has 11 heteroatoms. The quantitative estimate of drug-likeness (QED) is 0.231. The fraction of sp³-hybridized carbons (Fsp3) is 0.909. The van der Waals surface area contributed by atoms with E-state index >= 15 is 0 Å². The SMILES string of the molecule is NC1=N[C@H](O)[C@H]2[C@@H]3O[C@]4(O)O[C@@H]([C@@H](O)[C@@]2(N1)[C@@H]4O)[C@@]3(O)CO. The first-order valence-corrected chi connectivity index (χ1v) is 6.77. The summed E-state index contributed by atoms with van der Waals surface area (Å²) in [7, 11) is 0. The predicted molar refractivity (Wildman–Crippen MR) is 65.7 cm³/mol. The van der Waals surface area contributed by atoms with Gasteiger partial charge in [-0.1, -0.05) is 0 Å². The molecular weight excluding hydrogens is 302 g/mol. The number of hydrogen-bond acceptors (Lipinski definition) is 11. The van der Waals surface area contributed by atoms with Crippen molar-refractivity contribution in [2.75, 3.05) is 6.61 Å². The molecule has 0 unspecified atom stereocenters. The van der Waals surface area contributed by atoms with E-state index in [0.717, 1.165) is 0 Å². The van der Waals surface area contributed by atoms with E-state index in [9.17, 15) is 30.6 Å². The van der Waals surface area contributed by atoms with Crippen molar-refractivity contribution in [1.29, 1.82) is 0 Å². The summed E-state index contributed by atoms with van der Waals surface area (Å²) in [5, 5.41) is 64.3. The van der Waals surface area contributed by atoms with Crippen molar-refractivity contribution in [3.8, 4) is 0 Å². The lowest BCUT2D eigenvalue weighted by Gasteiger charge is -2.71.